The van der Waals surface area contributed by atoms with E-state index in [1.54, 1.807) is 11.3 Å². The van der Waals surface area contributed by atoms with Crippen molar-refractivity contribution in [1.82, 2.24) is 15.5 Å². The summed E-state index contributed by atoms with van der Waals surface area (Å²) in [4.78, 5) is 7.04. The van der Waals surface area contributed by atoms with Gasteiger partial charge in [-0.25, -0.2) is 4.99 Å². The van der Waals surface area contributed by atoms with Crippen LogP contribution in [0, 0.1) is 0 Å². The van der Waals surface area contributed by atoms with Gasteiger partial charge in [0.2, 0.25) is 0 Å². The molecule has 1 aromatic heterocycles. The van der Waals surface area contributed by atoms with E-state index in [4.69, 9.17) is 0 Å². The van der Waals surface area contributed by atoms with E-state index in [-0.39, 0.29) is 6.10 Å². The Labute approximate surface area is 137 Å². The monoisotopic (exact) mass is 324 g/mol. The van der Waals surface area contributed by atoms with Crippen molar-refractivity contribution in [3.8, 4) is 0 Å². The Morgan fingerprint density at radius 2 is 2.23 bits per heavy atom. The van der Waals surface area contributed by atoms with Crippen molar-refractivity contribution in [2.45, 2.75) is 38.8 Å². The van der Waals surface area contributed by atoms with Crippen LogP contribution >= 0.6 is 11.3 Å². The largest absolute Gasteiger partial charge is 0.393 e. The predicted octanol–water partition coefficient (Wildman–Crippen LogP) is 1.65. The van der Waals surface area contributed by atoms with E-state index >= 15 is 0 Å². The van der Waals surface area contributed by atoms with Crippen molar-refractivity contribution in [1.29, 1.82) is 0 Å². The van der Waals surface area contributed by atoms with Gasteiger partial charge in [0.25, 0.3) is 0 Å². The van der Waals surface area contributed by atoms with Crippen LogP contribution in [0.3, 0.4) is 0 Å². The molecule has 5 nitrogen and oxygen atoms in total. The number of likely N-dealkylation sites (tertiary alicyclic amines) is 1. The third-order valence-corrected chi connectivity index (χ3v) is 4.58. The van der Waals surface area contributed by atoms with E-state index in [0.717, 1.165) is 64.5 Å². The lowest BCUT2D eigenvalue weighted by Crippen LogP contribution is -2.40. The molecule has 1 fully saturated rings. The van der Waals surface area contributed by atoms with Gasteiger partial charge in [-0.05, 0) is 55.1 Å². The van der Waals surface area contributed by atoms with Crippen molar-refractivity contribution < 1.29 is 5.11 Å². The summed E-state index contributed by atoms with van der Waals surface area (Å²) in [5, 5.41) is 20.4. The second kappa shape index (κ2) is 9.82. The molecule has 1 aliphatic heterocycles. The lowest BCUT2D eigenvalue weighted by molar-refractivity contribution is 0.0823. The average Bonchev–Trinajstić information content (AvgIpc) is 3.04. The first-order valence-electron chi connectivity index (χ1n) is 8.21. The molecule has 0 aromatic carbocycles. The van der Waals surface area contributed by atoms with Gasteiger partial charge in [-0.15, -0.1) is 0 Å². The molecule has 1 saturated heterocycles. The number of hydrogen-bond donors (Lipinski definition) is 3. The van der Waals surface area contributed by atoms with Crippen LogP contribution in [0.5, 0.6) is 0 Å². The van der Waals surface area contributed by atoms with E-state index in [2.05, 4.69) is 44.3 Å². The van der Waals surface area contributed by atoms with Gasteiger partial charge in [0.1, 0.15) is 0 Å². The molecule has 0 aliphatic carbocycles. The number of nitrogens with one attached hydrogen (secondary N) is 2. The molecular formula is C16H28N4OS. The van der Waals surface area contributed by atoms with Crippen LogP contribution in [0.4, 0.5) is 0 Å². The van der Waals surface area contributed by atoms with Crippen molar-refractivity contribution in [2.75, 3.05) is 32.7 Å². The summed E-state index contributed by atoms with van der Waals surface area (Å²) in [6.45, 7) is 7.74. The van der Waals surface area contributed by atoms with Crippen LogP contribution in [0.2, 0.25) is 0 Å². The van der Waals surface area contributed by atoms with Gasteiger partial charge in [-0.3, -0.25) is 0 Å². The van der Waals surface area contributed by atoms with Gasteiger partial charge in [0, 0.05) is 26.2 Å². The van der Waals surface area contributed by atoms with E-state index in [0.29, 0.717) is 0 Å². The Morgan fingerprint density at radius 1 is 1.41 bits per heavy atom. The van der Waals surface area contributed by atoms with Crippen LogP contribution in [0.1, 0.15) is 31.7 Å². The molecule has 3 N–H and O–H groups in total. The fourth-order valence-corrected chi connectivity index (χ4v) is 3.21. The van der Waals surface area contributed by atoms with Crippen LogP contribution in [0.25, 0.3) is 0 Å². The van der Waals surface area contributed by atoms with Crippen molar-refractivity contribution in [3.63, 3.8) is 0 Å². The Morgan fingerprint density at radius 3 is 2.91 bits per heavy atom. The Kier molecular flexibility index (Phi) is 7.70. The van der Waals surface area contributed by atoms with E-state index in [1.165, 1.54) is 5.56 Å². The summed E-state index contributed by atoms with van der Waals surface area (Å²) in [6, 6.07) is 2.11. The zero-order chi connectivity index (χ0) is 15.6. The summed E-state index contributed by atoms with van der Waals surface area (Å²) in [7, 11) is 0. The lowest BCUT2D eigenvalue weighted by atomic mass is 10.1. The van der Waals surface area contributed by atoms with Gasteiger partial charge in [0.15, 0.2) is 5.96 Å². The molecule has 6 heteroatoms. The fourth-order valence-electron chi connectivity index (χ4n) is 2.55. The summed E-state index contributed by atoms with van der Waals surface area (Å²) >= 11 is 1.71. The maximum absolute atomic E-state index is 9.51. The van der Waals surface area contributed by atoms with Gasteiger partial charge < -0.3 is 20.6 Å². The number of guanidine groups is 1. The zero-order valence-electron chi connectivity index (χ0n) is 13.4. The summed E-state index contributed by atoms with van der Waals surface area (Å²) in [5.74, 6) is 0.891. The number of aliphatic hydroxyl groups is 1. The van der Waals surface area contributed by atoms with E-state index in [9.17, 15) is 5.11 Å². The minimum atomic E-state index is -0.0843. The Hall–Kier alpha value is -1.11. The second-order valence-corrected chi connectivity index (χ2v) is 6.46. The predicted molar refractivity (Wildman–Crippen MR) is 93.4 cm³/mol. The maximum atomic E-state index is 9.51. The highest BCUT2D eigenvalue weighted by Gasteiger charge is 2.15. The van der Waals surface area contributed by atoms with Gasteiger partial charge in [-0.2, -0.15) is 11.3 Å². The molecule has 2 heterocycles. The standard InChI is InChI=1S/C16H28N4OS/c1-2-17-16(19-12-14-6-11-22-13-14)18-7-3-8-20-9-4-15(21)5-10-20/h6,11,13,15,21H,2-5,7-10,12H2,1H3,(H2,17,18,19). The molecule has 0 spiro atoms. The number of nitrogens with zero attached hydrogens (tertiary/aromatic N) is 2. The van der Waals surface area contributed by atoms with Crippen molar-refractivity contribution in [2.24, 2.45) is 4.99 Å². The SMILES string of the molecule is CCNC(=NCc1ccsc1)NCCCN1CCC(O)CC1. The zero-order valence-corrected chi connectivity index (χ0v) is 14.2. The quantitative estimate of drug-likeness (QED) is 0.405. The van der Waals surface area contributed by atoms with Crippen molar-refractivity contribution >= 4 is 17.3 Å². The summed E-state index contributed by atoms with van der Waals surface area (Å²) in [6.07, 6.45) is 2.84. The number of thiophene rings is 1. The van der Waals surface area contributed by atoms with Crippen LogP contribution < -0.4 is 10.6 Å². The number of piperidine rings is 1. The molecule has 0 radical (unpaired) electrons. The van der Waals surface area contributed by atoms with Crippen molar-refractivity contribution in [3.05, 3.63) is 22.4 Å². The first-order chi connectivity index (χ1) is 10.8. The molecule has 0 bridgehead atoms. The minimum absolute atomic E-state index is 0.0843. The highest BCUT2D eigenvalue weighted by atomic mass is 32.1. The first-order valence-corrected chi connectivity index (χ1v) is 9.16. The average molecular weight is 324 g/mol. The Balaban J connectivity index is 1.64. The molecular weight excluding hydrogens is 296 g/mol. The normalized spacial score (nSPS) is 17.6. The first kappa shape index (κ1) is 17.2. The summed E-state index contributed by atoms with van der Waals surface area (Å²) in [5.41, 5.74) is 1.26. The number of rotatable bonds is 7. The fraction of sp³-hybridized carbons (Fsp3) is 0.688. The summed E-state index contributed by atoms with van der Waals surface area (Å²) < 4.78 is 0. The molecule has 0 saturated carbocycles. The third-order valence-electron chi connectivity index (χ3n) is 3.84. The molecule has 1 aromatic rings. The molecule has 1 aliphatic rings. The lowest BCUT2D eigenvalue weighted by Gasteiger charge is -2.29. The highest BCUT2D eigenvalue weighted by molar-refractivity contribution is 7.07. The molecule has 124 valence electrons. The van der Waals surface area contributed by atoms with Crippen LogP contribution in [0.15, 0.2) is 21.8 Å². The molecule has 22 heavy (non-hydrogen) atoms. The van der Waals surface area contributed by atoms with Gasteiger partial charge in [0.05, 0.1) is 12.6 Å². The molecule has 0 unspecified atom stereocenters. The number of aliphatic hydroxyl groups excluding tert-OH is 1. The second-order valence-electron chi connectivity index (χ2n) is 5.68. The number of aliphatic imine (C=N–C) groups is 1. The highest BCUT2D eigenvalue weighted by Crippen LogP contribution is 2.09. The Bertz CT molecular complexity index is 427. The topological polar surface area (TPSA) is 59.9 Å². The van der Waals surface area contributed by atoms with E-state index in [1.807, 2.05) is 0 Å². The van der Waals surface area contributed by atoms with E-state index < -0.39 is 0 Å². The number of hydrogen-bond acceptors (Lipinski definition) is 4. The molecule has 2 rings (SSSR count). The maximum Gasteiger partial charge on any atom is 0.191 e. The molecule has 0 amide bonds. The van der Waals surface area contributed by atoms with Crippen LogP contribution in [-0.4, -0.2) is 54.8 Å². The van der Waals surface area contributed by atoms with Crippen LogP contribution in [-0.2, 0) is 6.54 Å². The molecule has 0 atom stereocenters. The van der Waals surface area contributed by atoms with Gasteiger partial charge in [-0.1, -0.05) is 0 Å². The third kappa shape index (κ3) is 6.34. The van der Waals surface area contributed by atoms with Gasteiger partial charge >= 0.3 is 0 Å². The minimum Gasteiger partial charge on any atom is -0.393 e. The smallest absolute Gasteiger partial charge is 0.191 e.